The monoisotopic (exact) mass is 204 g/mol. The molecule has 0 aromatic heterocycles. The zero-order valence-corrected chi connectivity index (χ0v) is 9.85. The summed E-state index contributed by atoms with van der Waals surface area (Å²) < 4.78 is 4.25. The lowest BCUT2D eigenvalue weighted by molar-refractivity contribution is 0.844. The van der Waals surface area contributed by atoms with Crippen LogP contribution < -0.4 is 22.1 Å². The van der Waals surface area contributed by atoms with Crippen LogP contribution in [0.4, 0.5) is 0 Å². The summed E-state index contributed by atoms with van der Waals surface area (Å²) in [6, 6.07) is 0. The molecule has 1 aliphatic heterocycles. The Morgan fingerprint density at radius 1 is 1.00 bits per heavy atom. The van der Waals surface area contributed by atoms with Gasteiger partial charge in [-0.25, -0.2) is 0 Å². The first-order valence-corrected chi connectivity index (χ1v) is 5.44. The van der Waals surface area contributed by atoms with Crippen molar-refractivity contribution in [1.29, 1.82) is 0 Å². The average molecular weight is 203 g/mol. The van der Waals surface area contributed by atoms with Crippen LogP contribution in [0.15, 0.2) is 0 Å². The lowest BCUT2D eigenvalue weighted by atomic mass is 9.20. The van der Waals surface area contributed by atoms with E-state index in [1.54, 1.807) is 0 Å². The number of nitrogens with one attached hydrogen (secondary N) is 1. The zero-order valence-electron chi connectivity index (χ0n) is 9.85. The summed E-state index contributed by atoms with van der Waals surface area (Å²) >= 11 is 0. The van der Waals surface area contributed by atoms with E-state index in [9.17, 15) is 0 Å². The molecule has 0 unspecified atom stereocenters. The van der Waals surface area contributed by atoms with Gasteiger partial charge in [0.05, 0.1) is 0 Å². The van der Waals surface area contributed by atoms with Gasteiger partial charge in [0.2, 0.25) is 13.6 Å². The van der Waals surface area contributed by atoms with Gasteiger partial charge in [0.1, 0.15) is 0 Å². The summed E-state index contributed by atoms with van der Waals surface area (Å²) in [6.45, 7) is 5.96. The Morgan fingerprint density at radius 3 is 1.67 bits per heavy atom. The molecule has 0 saturated carbocycles. The van der Waals surface area contributed by atoms with Crippen molar-refractivity contribution in [3.05, 3.63) is 0 Å². The minimum Gasteiger partial charge on any atom is -0.395 e. The first-order valence-electron chi connectivity index (χ1n) is 5.44. The standard InChI is InChI=1S/C3H18B6N6/c1-6(10)9-14(7(2)11)4-13-5-15(9)8(3)12/h4-5,13H,10-12H2,1-3H3. The normalized spacial score (nSPS) is 18.1. The highest BCUT2D eigenvalue weighted by molar-refractivity contribution is 7.25. The van der Waals surface area contributed by atoms with E-state index < -0.39 is 0 Å². The Labute approximate surface area is 95.1 Å². The third-order valence-corrected chi connectivity index (χ3v) is 2.78. The Kier molecular flexibility index (Phi) is 4.82. The fraction of sp³-hybridized carbons (Fsp3) is 1.00. The average Bonchev–Trinajstić information content (AvgIpc) is 2.16. The summed E-state index contributed by atoms with van der Waals surface area (Å²) in [5, 5.41) is 3.27. The number of nitrogens with zero attached hydrogens (tertiary/aromatic N) is 2. The predicted octanol–water partition coefficient (Wildman–Crippen LogP) is -3.97. The lowest BCUT2D eigenvalue weighted by Crippen LogP contribution is -2.80. The molecule has 0 bridgehead atoms. The van der Waals surface area contributed by atoms with Crippen molar-refractivity contribution in [3.63, 3.8) is 0 Å². The van der Waals surface area contributed by atoms with Gasteiger partial charge >= 0.3 is 0 Å². The van der Waals surface area contributed by atoms with Crippen molar-refractivity contribution in [2.75, 3.05) is 0 Å². The molecule has 15 heavy (non-hydrogen) atoms. The summed E-state index contributed by atoms with van der Waals surface area (Å²) in [7, 11) is 1.51. The van der Waals surface area contributed by atoms with E-state index in [-0.39, 0.29) is 27.6 Å². The van der Waals surface area contributed by atoms with E-state index in [1.807, 2.05) is 20.5 Å². The van der Waals surface area contributed by atoms with E-state index in [0.717, 1.165) is 15.1 Å². The van der Waals surface area contributed by atoms with Crippen molar-refractivity contribution >= 4 is 42.7 Å². The summed E-state index contributed by atoms with van der Waals surface area (Å²) in [5.74, 6) is 0. The van der Waals surface area contributed by atoms with Crippen LogP contribution in [0.3, 0.4) is 0 Å². The van der Waals surface area contributed by atoms with Gasteiger partial charge in [0.15, 0.2) is 0 Å². The predicted molar refractivity (Wildman–Crippen MR) is 74.3 cm³/mol. The van der Waals surface area contributed by atoms with Gasteiger partial charge in [-0.2, -0.15) is 0 Å². The van der Waals surface area contributed by atoms with Gasteiger partial charge < -0.3 is 31.3 Å². The molecular weight excluding hydrogens is 185 g/mol. The molecule has 0 aromatic rings. The van der Waals surface area contributed by atoms with Gasteiger partial charge in [-0.1, -0.05) is 20.5 Å². The molecule has 0 aliphatic carbocycles. The molecule has 0 radical (unpaired) electrons. The highest BCUT2D eigenvalue weighted by atomic mass is 15.2. The van der Waals surface area contributed by atoms with E-state index >= 15 is 0 Å². The van der Waals surface area contributed by atoms with Gasteiger partial charge in [-0.3, -0.25) is 0 Å². The Hall–Kier alpha value is 0.150. The van der Waals surface area contributed by atoms with Crippen LogP contribution in [0.1, 0.15) is 0 Å². The Balaban J connectivity index is 2.80. The SMILES string of the molecule is CB(N)B1N(B(C)N)BNBN1B(C)N. The maximum absolute atomic E-state index is 6.00. The highest BCUT2D eigenvalue weighted by Crippen LogP contribution is 2.05. The van der Waals surface area contributed by atoms with Crippen LogP contribution in [0.25, 0.3) is 0 Å². The maximum atomic E-state index is 6.00. The molecule has 1 fully saturated rings. The van der Waals surface area contributed by atoms with Gasteiger partial charge in [-0.05, 0) is 0 Å². The smallest absolute Gasteiger partial charge is 0.280 e. The first kappa shape index (κ1) is 13.2. The van der Waals surface area contributed by atoms with Crippen LogP contribution in [-0.2, 0) is 0 Å². The minimum absolute atomic E-state index is 0.0177. The molecular formula is C3H18B6N6. The fourth-order valence-electron chi connectivity index (χ4n) is 2.06. The number of nitrogens with two attached hydrogens (primary N) is 3. The summed E-state index contributed by atoms with van der Waals surface area (Å²) in [4.78, 5) is 0. The van der Waals surface area contributed by atoms with E-state index in [0.29, 0.717) is 0 Å². The minimum atomic E-state index is -0.0324. The maximum Gasteiger partial charge on any atom is 0.280 e. The Bertz CT molecular complexity index is 185. The molecule has 0 aromatic carbocycles. The fourth-order valence-corrected chi connectivity index (χ4v) is 2.06. The number of hydrogen-bond donors (Lipinski definition) is 4. The Morgan fingerprint density at radius 2 is 1.40 bits per heavy atom. The molecule has 78 valence electrons. The molecule has 1 saturated heterocycles. The molecule has 1 heterocycles. The van der Waals surface area contributed by atoms with Gasteiger partial charge in [-0.15, -0.1) is 0 Å². The van der Waals surface area contributed by atoms with E-state index in [4.69, 9.17) is 16.9 Å². The topological polar surface area (TPSA) is 96.6 Å². The molecule has 7 N–H and O–H groups in total. The number of rotatable bonds is 3. The van der Waals surface area contributed by atoms with Crippen LogP contribution in [-0.4, -0.2) is 51.9 Å². The molecule has 12 heteroatoms. The van der Waals surface area contributed by atoms with Crippen LogP contribution in [0, 0.1) is 0 Å². The van der Waals surface area contributed by atoms with Gasteiger partial charge in [0, 0.05) is 0 Å². The first-order chi connectivity index (χ1) is 6.95. The largest absolute Gasteiger partial charge is 0.395 e. The number of hydrogen-bond acceptors (Lipinski definition) is 6. The molecule has 1 aliphatic rings. The van der Waals surface area contributed by atoms with Crippen molar-refractivity contribution in [3.8, 4) is 0 Å². The highest BCUT2D eigenvalue weighted by Gasteiger charge is 2.42. The van der Waals surface area contributed by atoms with Crippen molar-refractivity contribution < 1.29 is 0 Å². The third-order valence-electron chi connectivity index (χ3n) is 2.78. The van der Waals surface area contributed by atoms with Crippen LogP contribution in [0.2, 0.25) is 20.5 Å². The van der Waals surface area contributed by atoms with Crippen molar-refractivity contribution in [2.24, 2.45) is 16.9 Å². The summed E-state index contributed by atoms with van der Waals surface area (Å²) in [6.07, 6.45) is 0. The van der Waals surface area contributed by atoms with Crippen LogP contribution in [0.5, 0.6) is 0 Å². The van der Waals surface area contributed by atoms with Crippen molar-refractivity contribution in [1.82, 2.24) is 14.4 Å². The van der Waals surface area contributed by atoms with E-state index in [1.165, 1.54) is 0 Å². The zero-order chi connectivity index (χ0) is 11.6. The molecule has 0 atom stereocenters. The lowest BCUT2D eigenvalue weighted by Gasteiger charge is -2.45. The second-order valence-corrected chi connectivity index (χ2v) is 4.35. The second-order valence-electron chi connectivity index (χ2n) is 4.35. The molecule has 0 spiro atoms. The summed E-state index contributed by atoms with van der Waals surface area (Å²) in [5.41, 5.74) is 17.8. The quantitative estimate of drug-likeness (QED) is 0.349. The second kappa shape index (κ2) is 5.47. The van der Waals surface area contributed by atoms with Crippen LogP contribution >= 0.6 is 0 Å². The van der Waals surface area contributed by atoms with Crippen molar-refractivity contribution in [2.45, 2.75) is 20.5 Å². The molecule has 6 nitrogen and oxygen atoms in total. The molecule has 1 rings (SSSR count). The third kappa shape index (κ3) is 3.05. The van der Waals surface area contributed by atoms with Gasteiger partial charge in [0.25, 0.3) is 29.1 Å². The molecule has 0 amide bonds. The van der Waals surface area contributed by atoms with E-state index in [2.05, 4.69) is 14.4 Å².